The van der Waals surface area contributed by atoms with E-state index in [2.05, 4.69) is 13.8 Å². The molecule has 0 saturated heterocycles. The molecule has 2 nitrogen and oxygen atoms in total. The van der Waals surface area contributed by atoms with Crippen LogP contribution in [0.4, 0.5) is 0 Å². The van der Waals surface area contributed by atoms with Crippen LogP contribution in [0.5, 0.6) is 5.75 Å². The third-order valence-electron chi connectivity index (χ3n) is 2.76. The molecule has 0 fully saturated rings. The quantitative estimate of drug-likeness (QED) is 0.580. The summed E-state index contributed by atoms with van der Waals surface area (Å²) >= 11 is 0. The highest BCUT2D eigenvalue weighted by Gasteiger charge is 1.88. The molecule has 0 bridgehead atoms. The second kappa shape index (κ2) is 15.0. The molecule has 0 unspecified atom stereocenters. The van der Waals surface area contributed by atoms with E-state index in [0.29, 0.717) is 0 Å². The van der Waals surface area contributed by atoms with Gasteiger partial charge in [0.25, 0.3) is 0 Å². The number of benzene rings is 1. The van der Waals surface area contributed by atoms with Gasteiger partial charge in [-0.1, -0.05) is 57.7 Å². The molecule has 110 valence electrons. The van der Waals surface area contributed by atoms with Crippen LogP contribution in [-0.4, -0.2) is 20.3 Å². The second-order valence-electron chi connectivity index (χ2n) is 4.54. The zero-order chi connectivity index (χ0) is 14.2. The predicted octanol–water partition coefficient (Wildman–Crippen LogP) is 5.08. The first-order chi connectivity index (χ1) is 9.35. The first-order valence-corrected chi connectivity index (χ1v) is 7.51. The predicted molar refractivity (Wildman–Crippen MR) is 82.9 cm³/mol. The number of rotatable bonds is 9. The number of methoxy groups -OCH3 is 1. The highest BCUT2D eigenvalue weighted by Crippen LogP contribution is 2.05. The van der Waals surface area contributed by atoms with Crippen molar-refractivity contribution < 1.29 is 9.47 Å². The van der Waals surface area contributed by atoms with Gasteiger partial charge in [-0.3, -0.25) is 0 Å². The topological polar surface area (TPSA) is 18.5 Å². The average molecular weight is 266 g/mol. The Morgan fingerprint density at radius 3 is 1.68 bits per heavy atom. The molecule has 0 spiro atoms. The van der Waals surface area contributed by atoms with E-state index in [0.717, 1.165) is 19.0 Å². The largest absolute Gasteiger partial charge is 0.497 e. The molecule has 19 heavy (non-hydrogen) atoms. The zero-order valence-corrected chi connectivity index (χ0v) is 12.9. The molecule has 0 radical (unpaired) electrons. The number of hydrogen-bond donors (Lipinski definition) is 0. The molecule has 1 rings (SSSR count). The van der Waals surface area contributed by atoms with E-state index < -0.39 is 0 Å². The summed E-state index contributed by atoms with van der Waals surface area (Å²) in [6.45, 7) is 6.38. The van der Waals surface area contributed by atoms with Gasteiger partial charge in [-0.2, -0.15) is 0 Å². The molecular formula is C17H30O2. The molecule has 0 aliphatic rings. The van der Waals surface area contributed by atoms with Crippen molar-refractivity contribution in [3.8, 4) is 5.75 Å². The summed E-state index contributed by atoms with van der Waals surface area (Å²) in [5.74, 6) is 0.910. The van der Waals surface area contributed by atoms with Crippen LogP contribution in [0.15, 0.2) is 30.3 Å². The van der Waals surface area contributed by atoms with E-state index in [4.69, 9.17) is 9.47 Å². The summed E-state index contributed by atoms with van der Waals surface area (Å²) in [5, 5.41) is 0. The van der Waals surface area contributed by atoms with Crippen molar-refractivity contribution in [1.29, 1.82) is 0 Å². The lowest BCUT2D eigenvalue weighted by molar-refractivity contribution is 0.126. The minimum absolute atomic E-state index is 0.910. The monoisotopic (exact) mass is 266 g/mol. The summed E-state index contributed by atoms with van der Waals surface area (Å²) in [6.07, 6.45) is 7.68. The van der Waals surface area contributed by atoms with Gasteiger partial charge in [0.1, 0.15) is 5.75 Å². The Hall–Kier alpha value is -1.02. The van der Waals surface area contributed by atoms with Crippen molar-refractivity contribution in [2.75, 3.05) is 20.3 Å². The van der Waals surface area contributed by atoms with Gasteiger partial charge in [0.15, 0.2) is 0 Å². The van der Waals surface area contributed by atoms with Gasteiger partial charge < -0.3 is 9.47 Å². The summed E-state index contributed by atoms with van der Waals surface area (Å²) in [5.41, 5.74) is 0. The standard InChI is InChI=1S/C10H22O.C7H8O/c1-3-5-7-9-11-10-8-6-4-2;1-8-7-5-3-2-4-6-7/h3-10H2,1-2H3;2-6H,1H3. The SMILES string of the molecule is CCCCCOCCCCC.COc1ccccc1. The summed E-state index contributed by atoms with van der Waals surface area (Å²) < 4.78 is 10.4. The fourth-order valence-corrected chi connectivity index (χ4v) is 1.57. The molecule has 2 heteroatoms. The van der Waals surface area contributed by atoms with Crippen molar-refractivity contribution in [1.82, 2.24) is 0 Å². The molecule has 0 N–H and O–H groups in total. The Bertz CT molecular complexity index is 251. The molecule has 1 aromatic carbocycles. The molecular weight excluding hydrogens is 236 g/mol. The minimum Gasteiger partial charge on any atom is -0.497 e. The van der Waals surface area contributed by atoms with E-state index in [9.17, 15) is 0 Å². The highest BCUT2D eigenvalue weighted by atomic mass is 16.5. The van der Waals surface area contributed by atoms with Crippen molar-refractivity contribution in [2.45, 2.75) is 52.4 Å². The average Bonchev–Trinajstić information content (AvgIpc) is 2.48. The Morgan fingerprint density at radius 2 is 1.32 bits per heavy atom. The molecule has 0 saturated carbocycles. The lowest BCUT2D eigenvalue weighted by atomic mass is 10.2. The van der Waals surface area contributed by atoms with Crippen molar-refractivity contribution >= 4 is 0 Å². The van der Waals surface area contributed by atoms with Gasteiger partial charge in [0.05, 0.1) is 7.11 Å². The van der Waals surface area contributed by atoms with Crippen molar-refractivity contribution in [3.05, 3.63) is 30.3 Å². The van der Waals surface area contributed by atoms with Crippen LogP contribution in [0.1, 0.15) is 52.4 Å². The van der Waals surface area contributed by atoms with Crippen LogP contribution in [0.2, 0.25) is 0 Å². The fraction of sp³-hybridized carbons (Fsp3) is 0.647. The first-order valence-electron chi connectivity index (χ1n) is 7.51. The van der Waals surface area contributed by atoms with E-state index in [-0.39, 0.29) is 0 Å². The zero-order valence-electron chi connectivity index (χ0n) is 12.9. The third-order valence-corrected chi connectivity index (χ3v) is 2.76. The summed E-state index contributed by atoms with van der Waals surface area (Å²) in [4.78, 5) is 0. The fourth-order valence-electron chi connectivity index (χ4n) is 1.57. The number of hydrogen-bond acceptors (Lipinski definition) is 2. The molecule has 0 aliphatic heterocycles. The van der Waals surface area contributed by atoms with E-state index in [1.54, 1.807) is 7.11 Å². The van der Waals surface area contributed by atoms with Crippen LogP contribution in [0.25, 0.3) is 0 Å². The van der Waals surface area contributed by atoms with Crippen LogP contribution in [0, 0.1) is 0 Å². The number of unbranched alkanes of at least 4 members (excludes halogenated alkanes) is 4. The van der Waals surface area contributed by atoms with Crippen LogP contribution in [-0.2, 0) is 4.74 Å². The maximum atomic E-state index is 5.44. The molecule has 0 heterocycles. The lowest BCUT2D eigenvalue weighted by Crippen LogP contribution is -1.96. The van der Waals surface area contributed by atoms with Crippen molar-refractivity contribution in [2.24, 2.45) is 0 Å². The van der Waals surface area contributed by atoms with E-state index in [1.807, 2.05) is 30.3 Å². The summed E-state index contributed by atoms with van der Waals surface area (Å²) in [7, 11) is 1.66. The van der Waals surface area contributed by atoms with E-state index in [1.165, 1.54) is 38.5 Å². The van der Waals surface area contributed by atoms with Crippen LogP contribution < -0.4 is 4.74 Å². The maximum absolute atomic E-state index is 5.44. The molecule has 0 aromatic heterocycles. The first kappa shape index (κ1) is 18.0. The Morgan fingerprint density at radius 1 is 0.789 bits per heavy atom. The van der Waals surface area contributed by atoms with Gasteiger partial charge in [0, 0.05) is 13.2 Å². The third kappa shape index (κ3) is 13.2. The van der Waals surface area contributed by atoms with E-state index >= 15 is 0 Å². The number of para-hydroxylation sites is 1. The Labute approximate surface area is 119 Å². The number of ether oxygens (including phenoxy) is 2. The molecule has 0 aliphatic carbocycles. The maximum Gasteiger partial charge on any atom is 0.118 e. The van der Waals surface area contributed by atoms with Gasteiger partial charge in [-0.05, 0) is 25.0 Å². The molecule has 0 atom stereocenters. The van der Waals surface area contributed by atoms with Gasteiger partial charge in [-0.25, -0.2) is 0 Å². The molecule has 0 amide bonds. The minimum atomic E-state index is 0.910. The normalized spacial score (nSPS) is 9.63. The smallest absolute Gasteiger partial charge is 0.118 e. The summed E-state index contributed by atoms with van der Waals surface area (Å²) in [6, 6.07) is 9.68. The van der Waals surface area contributed by atoms with Crippen LogP contribution >= 0.6 is 0 Å². The second-order valence-corrected chi connectivity index (χ2v) is 4.54. The van der Waals surface area contributed by atoms with Gasteiger partial charge in [-0.15, -0.1) is 0 Å². The van der Waals surface area contributed by atoms with Crippen LogP contribution in [0.3, 0.4) is 0 Å². The Balaban J connectivity index is 0.000000356. The molecule has 1 aromatic rings. The highest BCUT2D eigenvalue weighted by molar-refractivity contribution is 5.20. The van der Waals surface area contributed by atoms with Gasteiger partial charge in [0.2, 0.25) is 0 Å². The Kier molecular flexibility index (Phi) is 14.2. The van der Waals surface area contributed by atoms with Crippen molar-refractivity contribution in [3.63, 3.8) is 0 Å². The lowest BCUT2D eigenvalue weighted by Gasteiger charge is -2.01. The van der Waals surface area contributed by atoms with Gasteiger partial charge >= 0.3 is 0 Å².